The van der Waals surface area contributed by atoms with Crippen LogP contribution in [0.1, 0.15) is 13.3 Å². The molecule has 1 rings (SSSR count). The molecule has 0 spiro atoms. The number of thioether (sulfide) groups is 1. The van der Waals surface area contributed by atoms with E-state index in [0.29, 0.717) is 12.2 Å². The van der Waals surface area contributed by atoms with Crippen LogP contribution in [-0.4, -0.2) is 29.7 Å². The fourth-order valence-electron chi connectivity index (χ4n) is 0.735. The highest BCUT2D eigenvalue weighted by Crippen LogP contribution is 2.19. The molecule has 1 heterocycles. The van der Waals surface area contributed by atoms with Crippen LogP contribution >= 0.6 is 11.8 Å². The number of ether oxygens (including phenoxy) is 2. The zero-order chi connectivity index (χ0) is 8.97. The molecule has 0 aromatic rings. The normalized spacial score (nSPS) is 22.1. The van der Waals surface area contributed by atoms with Crippen molar-refractivity contribution in [3.63, 3.8) is 0 Å². The molecule has 0 radical (unpaired) electrons. The van der Waals surface area contributed by atoms with E-state index in [-0.39, 0.29) is 24.0 Å². The Kier molecular flexibility index (Phi) is 3.40. The minimum absolute atomic E-state index is 0.186. The fourth-order valence-corrected chi connectivity index (χ4v) is 1.43. The molecule has 0 aliphatic carbocycles. The van der Waals surface area contributed by atoms with Crippen molar-refractivity contribution in [1.82, 2.24) is 0 Å². The molecule has 68 valence electrons. The standard InChI is InChI=1S/C7H10O4S/c1-2-6(8)10-3-5-4-12-7(9)11-5/h5H,2-4H2,1H3. The number of cyclic esters (lactones) is 1. The third kappa shape index (κ3) is 2.73. The predicted octanol–water partition coefficient (Wildman–Crippen LogP) is 1.19. The molecule has 0 bridgehead atoms. The van der Waals surface area contributed by atoms with E-state index in [9.17, 15) is 9.59 Å². The number of carbonyl (C=O) groups is 2. The molecule has 4 nitrogen and oxygen atoms in total. The first-order valence-corrected chi connectivity index (χ1v) is 4.70. The third-order valence-electron chi connectivity index (χ3n) is 1.37. The molecule has 0 aromatic carbocycles. The minimum atomic E-state index is -0.285. The number of hydrogen-bond donors (Lipinski definition) is 0. The summed E-state index contributed by atoms with van der Waals surface area (Å²) in [5, 5.41) is -0.285. The van der Waals surface area contributed by atoms with E-state index in [0.717, 1.165) is 11.8 Å². The SMILES string of the molecule is CCC(=O)OCC1CSC(=O)O1. The van der Waals surface area contributed by atoms with Gasteiger partial charge in [-0.3, -0.25) is 4.79 Å². The van der Waals surface area contributed by atoms with Crippen LogP contribution in [0.2, 0.25) is 0 Å². The van der Waals surface area contributed by atoms with Gasteiger partial charge in [0.05, 0.1) is 0 Å². The van der Waals surface area contributed by atoms with Gasteiger partial charge in [-0.15, -0.1) is 0 Å². The maximum atomic E-state index is 10.7. The largest absolute Gasteiger partial charge is 0.462 e. The Hall–Kier alpha value is -0.710. The Bertz CT molecular complexity index is 192. The van der Waals surface area contributed by atoms with E-state index >= 15 is 0 Å². The molecule has 0 N–H and O–H groups in total. The van der Waals surface area contributed by atoms with Crippen molar-refractivity contribution in [2.24, 2.45) is 0 Å². The number of hydrogen-bond acceptors (Lipinski definition) is 5. The summed E-state index contributed by atoms with van der Waals surface area (Å²) in [5.41, 5.74) is 0. The third-order valence-corrected chi connectivity index (χ3v) is 2.24. The quantitative estimate of drug-likeness (QED) is 0.626. The molecule has 1 aliphatic heterocycles. The maximum absolute atomic E-state index is 10.7. The molecule has 0 saturated carbocycles. The first kappa shape index (κ1) is 9.38. The van der Waals surface area contributed by atoms with Gasteiger partial charge < -0.3 is 9.47 Å². The molecule has 1 saturated heterocycles. The van der Waals surface area contributed by atoms with Crippen LogP contribution in [0.5, 0.6) is 0 Å². The summed E-state index contributed by atoms with van der Waals surface area (Å²) in [7, 11) is 0. The van der Waals surface area contributed by atoms with Crippen molar-refractivity contribution in [3.8, 4) is 0 Å². The van der Waals surface area contributed by atoms with Gasteiger partial charge in [0.25, 0.3) is 0 Å². The van der Waals surface area contributed by atoms with Crippen LogP contribution in [-0.2, 0) is 14.3 Å². The van der Waals surface area contributed by atoms with Gasteiger partial charge in [0.2, 0.25) is 0 Å². The van der Waals surface area contributed by atoms with Crippen molar-refractivity contribution in [3.05, 3.63) is 0 Å². The van der Waals surface area contributed by atoms with Gasteiger partial charge in [0.1, 0.15) is 12.7 Å². The van der Waals surface area contributed by atoms with Crippen molar-refractivity contribution in [1.29, 1.82) is 0 Å². The molecule has 1 fully saturated rings. The van der Waals surface area contributed by atoms with Crippen LogP contribution in [0.3, 0.4) is 0 Å². The number of esters is 1. The van der Waals surface area contributed by atoms with Gasteiger partial charge in [-0.2, -0.15) is 0 Å². The lowest BCUT2D eigenvalue weighted by molar-refractivity contribution is -0.145. The second kappa shape index (κ2) is 4.35. The molecule has 1 atom stereocenters. The Morgan fingerprint density at radius 3 is 3.08 bits per heavy atom. The van der Waals surface area contributed by atoms with E-state index < -0.39 is 0 Å². The first-order chi connectivity index (χ1) is 5.72. The monoisotopic (exact) mass is 190 g/mol. The molecule has 12 heavy (non-hydrogen) atoms. The highest BCUT2D eigenvalue weighted by atomic mass is 32.2. The maximum Gasteiger partial charge on any atom is 0.367 e. The fraction of sp³-hybridized carbons (Fsp3) is 0.714. The molecule has 1 aliphatic rings. The molecule has 5 heteroatoms. The van der Waals surface area contributed by atoms with Gasteiger partial charge in [0, 0.05) is 12.2 Å². The Morgan fingerprint density at radius 1 is 1.83 bits per heavy atom. The van der Waals surface area contributed by atoms with Crippen molar-refractivity contribution in [2.75, 3.05) is 12.4 Å². The summed E-state index contributed by atoms with van der Waals surface area (Å²) in [6, 6.07) is 0. The predicted molar refractivity (Wildman–Crippen MR) is 44.0 cm³/mol. The number of rotatable bonds is 3. The second-order valence-corrected chi connectivity index (χ2v) is 3.29. The summed E-state index contributed by atoms with van der Waals surface area (Å²) in [5.74, 6) is 0.318. The second-order valence-electron chi connectivity index (χ2n) is 2.34. The van der Waals surface area contributed by atoms with Gasteiger partial charge in [-0.25, -0.2) is 4.79 Å². The lowest BCUT2D eigenvalue weighted by atomic mass is 10.4. The summed E-state index contributed by atoms with van der Waals surface area (Å²) in [6.07, 6.45) is 0.103. The minimum Gasteiger partial charge on any atom is -0.462 e. The number of carbonyl (C=O) groups excluding carboxylic acids is 2. The molecule has 0 amide bonds. The van der Waals surface area contributed by atoms with E-state index in [1.807, 2.05) is 0 Å². The van der Waals surface area contributed by atoms with Crippen LogP contribution in [0, 0.1) is 0 Å². The zero-order valence-corrected chi connectivity index (χ0v) is 7.56. The molecular weight excluding hydrogens is 180 g/mol. The lowest BCUT2D eigenvalue weighted by Crippen LogP contribution is -2.20. The van der Waals surface area contributed by atoms with Crippen LogP contribution in [0.25, 0.3) is 0 Å². The average molecular weight is 190 g/mol. The topological polar surface area (TPSA) is 52.6 Å². The van der Waals surface area contributed by atoms with Gasteiger partial charge in [-0.05, 0) is 11.8 Å². The summed E-state index contributed by atoms with van der Waals surface area (Å²) < 4.78 is 9.60. The highest BCUT2D eigenvalue weighted by Gasteiger charge is 2.25. The molecular formula is C7H10O4S. The summed E-state index contributed by atoms with van der Waals surface area (Å²) >= 11 is 1.11. The van der Waals surface area contributed by atoms with Crippen molar-refractivity contribution in [2.45, 2.75) is 19.4 Å². The highest BCUT2D eigenvalue weighted by molar-refractivity contribution is 8.13. The van der Waals surface area contributed by atoms with Gasteiger partial charge in [0.15, 0.2) is 0 Å². The average Bonchev–Trinajstić information content (AvgIpc) is 2.47. The smallest absolute Gasteiger partial charge is 0.367 e. The van der Waals surface area contributed by atoms with Crippen LogP contribution in [0.4, 0.5) is 4.79 Å². The van der Waals surface area contributed by atoms with E-state index in [4.69, 9.17) is 9.47 Å². The Morgan fingerprint density at radius 2 is 2.58 bits per heavy atom. The van der Waals surface area contributed by atoms with Crippen molar-refractivity contribution < 1.29 is 19.1 Å². The Labute approximate surface area is 74.6 Å². The zero-order valence-electron chi connectivity index (χ0n) is 6.74. The van der Waals surface area contributed by atoms with Gasteiger partial charge in [-0.1, -0.05) is 6.92 Å². The molecule has 1 unspecified atom stereocenters. The van der Waals surface area contributed by atoms with Crippen LogP contribution < -0.4 is 0 Å². The van der Waals surface area contributed by atoms with Gasteiger partial charge >= 0.3 is 11.3 Å². The summed E-state index contributed by atoms with van der Waals surface area (Å²) in [6.45, 7) is 1.91. The summed E-state index contributed by atoms with van der Waals surface area (Å²) in [4.78, 5) is 21.2. The Balaban J connectivity index is 2.16. The van der Waals surface area contributed by atoms with E-state index in [1.54, 1.807) is 6.92 Å². The van der Waals surface area contributed by atoms with E-state index in [1.165, 1.54) is 0 Å². The van der Waals surface area contributed by atoms with E-state index in [2.05, 4.69) is 0 Å². The van der Waals surface area contributed by atoms with Crippen molar-refractivity contribution >= 4 is 23.0 Å². The molecule has 0 aromatic heterocycles. The van der Waals surface area contributed by atoms with Crippen LogP contribution in [0.15, 0.2) is 0 Å². The lowest BCUT2D eigenvalue weighted by Gasteiger charge is -2.07. The first-order valence-electron chi connectivity index (χ1n) is 3.71.